The number of nitrogens with one attached hydrogen (secondary N) is 1. The number of rotatable bonds is 10. The molecule has 0 aliphatic rings. The van der Waals surface area contributed by atoms with E-state index in [1.54, 1.807) is 7.11 Å². The van der Waals surface area contributed by atoms with Crippen molar-refractivity contribution in [1.29, 1.82) is 0 Å². The molecule has 0 aromatic heterocycles. The number of methoxy groups -OCH3 is 1. The predicted molar refractivity (Wildman–Crippen MR) is 62.7 cm³/mol. The summed E-state index contributed by atoms with van der Waals surface area (Å²) in [6.07, 6.45) is 7.93. The highest BCUT2D eigenvalue weighted by molar-refractivity contribution is 4.63. The Morgan fingerprint density at radius 1 is 1.07 bits per heavy atom. The van der Waals surface area contributed by atoms with Crippen molar-refractivity contribution in [2.24, 2.45) is 0 Å². The summed E-state index contributed by atoms with van der Waals surface area (Å²) in [6.45, 7) is 6.44. The number of ether oxygens (including phenoxy) is 1. The highest BCUT2D eigenvalue weighted by Gasteiger charge is 2.02. The second-order valence-corrected chi connectivity index (χ2v) is 3.93. The molecule has 2 heteroatoms. The van der Waals surface area contributed by atoms with Crippen LogP contribution in [0.1, 0.15) is 52.4 Å². The average Bonchev–Trinajstić information content (AvgIpc) is 2.21. The minimum atomic E-state index is 0.547. The molecule has 0 bridgehead atoms. The van der Waals surface area contributed by atoms with Gasteiger partial charge in [-0.1, -0.05) is 39.5 Å². The van der Waals surface area contributed by atoms with Crippen molar-refractivity contribution < 1.29 is 4.74 Å². The molecule has 0 aromatic rings. The van der Waals surface area contributed by atoms with Crippen LogP contribution in [0.2, 0.25) is 0 Å². The summed E-state index contributed by atoms with van der Waals surface area (Å²) in [7, 11) is 1.77. The van der Waals surface area contributed by atoms with Gasteiger partial charge in [-0.15, -0.1) is 0 Å². The summed E-state index contributed by atoms with van der Waals surface area (Å²) in [5.74, 6) is 0. The molecule has 1 unspecified atom stereocenters. The van der Waals surface area contributed by atoms with Gasteiger partial charge >= 0.3 is 0 Å². The van der Waals surface area contributed by atoms with E-state index in [4.69, 9.17) is 4.74 Å². The minimum absolute atomic E-state index is 0.547. The fourth-order valence-corrected chi connectivity index (χ4v) is 1.56. The van der Waals surface area contributed by atoms with Crippen LogP contribution in [-0.2, 0) is 4.74 Å². The highest BCUT2D eigenvalue weighted by atomic mass is 16.5. The summed E-state index contributed by atoms with van der Waals surface area (Å²) in [5, 5.41) is 3.52. The fourth-order valence-electron chi connectivity index (χ4n) is 1.56. The van der Waals surface area contributed by atoms with Crippen molar-refractivity contribution in [2.75, 3.05) is 20.3 Å². The fraction of sp³-hybridized carbons (Fsp3) is 1.00. The van der Waals surface area contributed by atoms with Gasteiger partial charge in [0.25, 0.3) is 0 Å². The van der Waals surface area contributed by atoms with Crippen molar-refractivity contribution in [2.45, 2.75) is 58.4 Å². The van der Waals surface area contributed by atoms with Crippen LogP contribution >= 0.6 is 0 Å². The average molecular weight is 201 g/mol. The van der Waals surface area contributed by atoms with E-state index < -0.39 is 0 Å². The van der Waals surface area contributed by atoms with Crippen molar-refractivity contribution in [3.63, 3.8) is 0 Å². The molecule has 0 radical (unpaired) electrons. The standard InChI is InChI=1S/C12H27NO/c1-4-6-7-8-9-10-13-12(5-2)11-14-3/h12-13H,4-11H2,1-3H3. The van der Waals surface area contributed by atoms with Crippen LogP contribution in [0.4, 0.5) is 0 Å². The van der Waals surface area contributed by atoms with Crippen molar-refractivity contribution >= 4 is 0 Å². The molecule has 0 saturated carbocycles. The Kier molecular flexibility index (Phi) is 10.9. The zero-order chi connectivity index (χ0) is 10.6. The van der Waals surface area contributed by atoms with Gasteiger partial charge in [-0.25, -0.2) is 0 Å². The Labute approximate surface area is 89.4 Å². The molecular formula is C12H27NO. The van der Waals surface area contributed by atoms with E-state index in [9.17, 15) is 0 Å². The van der Waals surface area contributed by atoms with Gasteiger partial charge in [0.2, 0.25) is 0 Å². The molecule has 1 N–H and O–H groups in total. The molecule has 14 heavy (non-hydrogen) atoms. The van der Waals surface area contributed by atoms with Crippen molar-refractivity contribution in [3.8, 4) is 0 Å². The van der Waals surface area contributed by atoms with Gasteiger partial charge in [0.15, 0.2) is 0 Å². The maximum atomic E-state index is 5.13. The molecule has 0 spiro atoms. The summed E-state index contributed by atoms with van der Waals surface area (Å²) in [4.78, 5) is 0. The monoisotopic (exact) mass is 201 g/mol. The molecular weight excluding hydrogens is 174 g/mol. The van der Waals surface area contributed by atoms with Crippen LogP contribution in [-0.4, -0.2) is 26.3 Å². The van der Waals surface area contributed by atoms with Gasteiger partial charge in [-0.2, -0.15) is 0 Å². The van der Waals surface area contributed by atoms with Gasteiger partial charge in [-0.05, 0) is 19.4 Å². The molecule has 0 amide bonds. The molecule has 0 aliphatic carbocycles. The number of unbranched alkanes of at least 4 members (excludes halogenated alkanes) is 4. The molecule has 0 rings (SSSR count). The highest BCUT2D eigenvalue weighted by Crippen LogP contribution is 2.01. The Morgan fingerprint density at radius 3 is 2.36 bits per heavy atom. The molecule has 86 valence electrons. The van der Waals surface area contributed by atoms with Crippen LogP contribution in [0.15, 0.2) is 0 Å². The lowest BCUT2D eigenvalue weighted by Gasteiger charge is -2.15. The van der Waals surface area contributed by atoms with Crippen LogP contribution < -0.4 is 5.32 Å². The lowest BCUT2D eigenvalue weighted by atomic mass is 10.1. The zero-order valence-corrected chi connectivity index (χ0v) is 10.1. The van der Waals surface area contributed by atoms with E-state index in [1.165, 1.54) is 32.1 Å². The Hall–Kier alpha value is -0.0800. The molecule has 0 saturated heterocycles. The predicted octanol–water partition coefficient (Wildman–Crippen LogP) is 2.97. The van der Waals surface area contributed by atoms with Gasteiger partial charge < -0.3 is 10.1 Å². The molecule has 0 aromatic carbocycles. The van der Waals surface area contributed by atoms with E-state index >= 15 is 0 Å². The topological polar surface area (TPSA) is 21.3 Å². The van der Waals surface area contributed by atoms with Crippen molar-refractivity contribution in [3.05, 3.63) is 0 Å². The Balaban J connectivity index is 3.15. The third kappa shape index (κ3) is 8.52. The van der Waals surface area contributed by atoms with Crippen LogP contribution in [0.5, 0.6) is 0 Å². The lowest BCUT2D eigenvalue weighted by Crippen LogP contribution is -2.33. The smallest absolute Gasteiger partial charge is 0.0615 e. The minimum Gasteiger partial charge on any atom is -0.383 e. The van der Waals surface area contributed by atoms with Gasteiger partial charge in [0, 0.05) is 13.2 Å². The summed E-state index contributed by atoms with van der Waals surface area (Å²) >= 11 is 0. The second-order valence-electron chi connectivity index (χ2n) is 3.93. The first-order valence-electron chi connectivity index (χ1n) is 6.07. The van der Waals surface area contributed by atoms with E-state index in [0.29, 0.717) is 6.04 Å². The van der Waals surface area contributed by atoms with Crippen molar-refractivity contribution in [1.82, 2.24) is 5.32 Å². The zero-order valence-electron chi connectivity index (χ0n) is 10.1. The van der Waals surface area contributed by atoms with E-state index in [0.717, 1.165) is 19.6 Å². The van der Waals surface area contributed by atoms with Gasteiger partial charge in [0.1, 0.15) is 0 Å². The summed E-state index contributed by atoms with van der Waals surface area (Å²) < 4.78 is 5.13. The normalized spacial score (nSPS) is 13.1. The maximum absolute atomic E-state index is 5.13. The van der Waals surface area contributed by atoms with E-state index in [1.807, 2.05) is 0 Å². The largest absolute Gasteiger partial charge is 0.383 e. The quantitative estimate of drug-likeness (QED) is 0.549. The summed E-state index contributed by atoms with van der Waals surface area (Å²) in [5.41, 5.74) is 0. The SMILES string of the molecule is CCCCCCCNC(CC)COC. The van der Waals surface area contributed by atoms with E-state index in [-0.39, 0.29) is 0 Å². The maximum Gasteiger partial charge on any atom is 0.0615 e. The molecule has 2 nitrogen and oxygen atoms in total. The van der Waals surface area contributed by atoms with Crippen LogP contribution in [0.25, 0.3) is 0 Å². The van der Waals surface area contributed by atoms with Gasteiger partial charge in [0.05, 0.1) is 6.61 Å². The van der Waals surface area contributed by atoms with Gasteiger partial charge in [-0.3, -0.25) is 0 Å². The van der Waals surface area contributed by atoms with Crippen LogP contribution in [0, 0.1) is 0 Å². The third-order valence-corrected chi connectivity index (χ3v) is 2.57. The second kappa shape index (κ2) is 11.0. The first-order chi connectivity index (χ1) is 6.85. The van der Waals surface area contributed by atoms with Crippen LogP contribution in [0.3, 0.4) is 0 Å². The Morgan fingerprint density at radius 2 is 1.79 bits per heavy atom. The number of hydrogen-bond acceptors (Lipinski definition) is 2. The molecule has 0 heterocycles. The molecule has 0 aliphatic heterocycles. The van der Waals surface area contributed by atoms with E-state index in [2.05, 4.69) is 19.2 Å². The first-order valence-corrected chi connectivity index (χ1v) is 6.07. The third-order valence-electron chi connectivity index (χ3n) is 2.57. The summed E-state index contributed by atoms with van der Waals surface area (Å²) in [6, 6.07) is 0.547. The first kappa shape index (κ1) is 13.9. The lowest BCUT2D eigenvalue weighted by molar-refractivity contribution is 0.164. The number of hydrogen-bond donors (Lipinski definition) is 1. The Bertz CT molecular complexity index is 106. The molecule has 0 fully saturated rings. The molecule has 1 atom stereocenters.